The second kappa shape index (κ2) is 9.53. The average Bonchev–Trinajstić information content (AvgIpc) is 2.42. The van der Waals surface area contributed by atoms with E-state index in [2.05, 4.69) is 29.1 Å². The first-order chi connectivity index (χ1) is 9.69. The molecule has 0 aliphatic rings. The predicted molar refractivity (Wildman–Crippen MR) is 83.1 cm³/mol. The van der Waals surface area contributed by atoms with Crippen LogP contribution < -0.4 is 15.8 Å². The van der Waals surface area contributed by atoms with E-state index in [1.54, 1.807) is 0 Å². The fourth-order valence-electron chi connectivity index (χ4n) is 2.13. The van der Waals surface area contributed by atoms with Gasteiger partial charge >= 0.3 is 0 Å². The SMILES string of the molecule is CCCOc1cc(C)nc(NCC(CCC)CCN)n1. The maximum atomic E-state index is 5.65. The van der Waals surface area contributed by atoms with Gasteiger partial charge in [-0.05, 0) is 38.6 Å². The molecule has 20 heavy (non-hydrogen) atoms. The summed E-state index contributed by atoms with van der Waals surface area (Å²) >= 11 is 0. The Morgan fingerprint density at radius 1 is 1.25 bits per heavy atom. The Morgan fingerprint density at radius 2 is 2.05 bits per heavy atom. The van der Waals surface area contributed by atoms with Gasteiger partial charge in [-0.15, -0.1) is 0 Å². The monoisotopic (exact) mass is 280 g/mol. The van der Waals surface area contributed by atoms with Crippen LogP contribution >= 0.6 is 0 Å². The third-order valence-corrected chi connectivity index (χ3v) is 3.11. The second-order valence-electron chi connectivity index (χ2n) is 5.13. The highest BCUT2D eigenvalue weighted by Crippen LogP contribution is 2.15. The number of hydrogen-bond acceptors (Lipinski definition) is 5. The first kappa shape index (κ1) is 16.7. The lowest BCUT2D eigenvalue weighted by molar-refractivity contribution is 0.305. The van der Waals surface area contributed by atoms with Crippen LogP contribution in [0.15, 0.2) is 6.07 Å². The van der Waals surface area contributed by atoms with Crippen molar-refractivity contribution in [1.29, 1.82) is 0 Å². The molecule has 0 saturated heterocycles. The summed E-state index contributed by atoms with van der Waals surface area (Å²) < 4.78 is 5.57. The molecule has 5 nitrogen and oxygen atoms in total. The molecule has 0 fully saturated rings. The van der Waals surface area contributed by atoms with Gasteiger partial charge in [-0.1, -0.05) is 20.3 Å². The molecule has 0 amide bonds. The van der Waals surface area contributed by atoms with Crippen LogP contribution in [0.25, 0.3) is 0 Å². The molecule has 1 unspecified atom stereocenters. The number of aromatic nitrogens is 2. The van der Waals surface area contributed by atoms with Gasteiger partial charge < -0.3 is 15.8 Å². The van der Waals surface area contributed by atoms with Crippen molar-refractivity contribution in [2.45, 2.75) is 46.5 Å². The van der Waals surface area contributed by atoms with E-state index in [1.165, 1.54) is 12.8 Å². The molecule has 0 radical (unpaired) electrons. The number of nitrogens with two attached hydrogens (primary N) is 1. The molecular weight excluding hydrogens is 252 g/mol. The van der Waals surface area contributed by atoms with Gasteiger partial charge in [0.25, 0.3) is 0 Å². The number of nitrogens with zero attached hydrogens (tertiary/aromatic N) is 2. The van der Waals surface area contributed by atoms with E-state index in [4.69, 9.17) is 10.5 Å². The standard InChI is InChI=1S/C15H28N4O/c1-4-6-13(7-8-16)11-17-15-18-12(3)10-14(19-15)20-9-5-2/h10,13H,4-9,11,16H2,1-3H3,(H,17,18,19). The molecule has 1 aromatic rings. The number of anilines is 1. The Labute approximate surface area is 122 Å². The molecular formula is C15H28N4O. The summed E-state index contributed by atoms with van der Waals surface area (Å²) in [4.78, 5) is 8.79. The molecule has 0 aromatic carbocycles. The molecule has 1 rings (SSSR count). The third kappa shape index (κ3) is 6.19. The molecule has 5 heteroatoms. The fraction of sp³-hybridized carbons (Fsp3) is 0.733. The summed E-state index contributed by atoms with van der Waals surface area (Å²) in [5.74, 6) is 1.87. The Balaban J connectivity index is 2.59. The molecule has 0 spiro atoms. The Morgan fingerprint density at radius 3 is 2.70 bits per heavy atom. The summed E-state index contributed by atoms with van der Waals surface area (Å²) in [6.45, 7) is 8.50. The van der Waals surface area contributed by atoms with Crippen molar-refractivity contribution >= 4 is 5.95 Å². The third-order valence-electron chi connectivity index (χ3n) is 3.11. The normalized spacial score (nSPS) is 12.2. The van der Waals surface area contributed by atoms with Gasteiger partial charge in [0.1, 0.15) is 0 Å². The molecule has 0 aliphatic heterocycles. The maximum Gasteiger partial charge on any atom is 0.226 e. The molecule has 0 aliphatic carbocycles. The van der Waals surface area contributed by atoms with Gasteiger partial charge in [0.05, 0.1) is 6.61 Å². The number of ether oxygens (including phenoxy) is 1. The van der Waals surface area contributed by atoms with Crippen molar-refractivity contribution in [2.75, 3.05) is 25.0 Å². The maximum absolute atomic E-state index is 5.65. The zero-order chi connectivity index (χ0) is 14.8. The zero-order valence-electron chi connectivity index (χ0n) is 13.0. The highest BCUT2D eigenvalue weighted by Gasteiger charge is 2.09. The van der Waals surface area contributed by atoms with Crippen molar-refractivity contribution in [3.63, 3.8) is 0 Å². The number of nitrogens with one attached hydrogen (secondary N) is 1. The smallest absolute Gasteiger partial charge is 0.226 e. The average molecular weight is 280 g/mol. The van der Waals surface area contributed by atoms with Crippen LogP contribution in [0.1, 0.15) is 45.2 Å². The van der Waals surface area contributed by atoms with Crippen LogP contribution in [0.2, 0.25) is 0 Å². The minimum Gasteiger partial charge on any atom is -0.478 e. The first-order valence-electron chi connectivity index (χ1n) is 7.62. The number of aryl methyl sites for hydroxylation is 1. The summed E-state index contributed by atoms with van der Waals surface area (Å²) in [6.07, 6.45) is 4.35. The first-order valence-corrected chi connectivity index (χ1v) is 7.62. The van der Waals surface area contributed by atoms with Crippen molar-refractivity contribution < 1.29 is 4.74 Å². The molecule has 3 N–H and O–H groups in total. The number of hydrogen-bond donors (Lipinski definition) is 2. The Kier molecular flexibility index (Phi) is 7.95. The minimum atomic E-state index is 0.578. The van der Waals surface area contributed by atoms with Crippen LogP contribution in [0.4, 0.5) is 5.95 Å². The van der Waals surface area contributed by atoms with Crippen molar-refractivity contribution in [1.82, 2.24) is 9.97 Å². The van der Waals surface area contributed by atoms with Crippen LogP contribution in [0, 0.1) is 12.8 Å². The van der Waals surface area contributed by atoms with Crippen molar-refractivity contribution in [3.8, 4) is 5.88 Å². The van der Waals surface area contributed by atoms with Gasteiger partial charge in [0.15, 0.2) is 0 Å². The van der Waals surface area contributed by atoms with E-state index in [0.717, 1.165) is 31.6 Å². The molecule has 1 aromatic heterocycles. The largest absolute Gasteiger partial charge is 0.478 e. The number of rotatable bonds is 10. The van der Waals surface area contributed by atoms with E-state index < -0.39 is 0 Å². The van der Waals surface area contributed by atoms with Gasteiger partial charge in [0, 0.05) is 18.3 Å². The van der Waals surface area contributed by atoms with Crippen LogP contribution in [0.5, 0.6) is 5.88 Å². The summed E-state index contributed by atoms with van der Waals surface area (Å²) in [7, 11) is 0. The van der Waals surface area contributed by atoms with Crippen molar-refractivity contribution in [3.05, 3.63) is 11.8 Å². The highest BCUT2D eigenvalue weighted by molar-refractivity contribution is 5.30. The van der Waals surface area contributed by atoms with Crippen LogP contribution in [-0.4, -0.2) is 29.7 Å². The van der Waals surface area contributed by atoms with E-state index >= 15 is 0 Å². The van der Waals surface area contributed by atoms with Crippen LogP contribution in [-0.2, 0) is 0 Å². The Bertz CT molecular complexity index is 378. The lowest BCUT2D eigenvalue weighted by atomic mass is 10.00. The van der Waals surface area contributed by atoms with Gasteiger partial charge in [-0.3, -0.25) is 0 Å². The fourth-order valence-corrected chi connectivity index (χ4v) is 2.13. The quantitative estimate of drug-likeness (QED) is 0.689. The second-order valence-corrected chi connectivity index (χ2v) is 5.13. The van der Waals surface area contributed by atoms with Gasteiger partial charge in [-0.25, -0.2) is 4.98 Å². The summed E-state index contributed by atoms with van der Waals surface area (Å²) in [6, 6.07) is 1.87. The van der Waals surface area contributed by atoms with E-state index in [1.807, 2.05) is 13.0 Å². The van der Waals surface area contributed by atoms with Gasteiger partial charge in [0.2, 0.25) is 11.8 Å². The topological polar surface area (TPSA) is 73.1 Å². The zero-order valence-corrected chi connectivity index (χ0v) is 13.0. The molecule has 114 valence electrons. The summed E-state index contributed by atoms with van der Waals surface area (Å²) in [5, 5.41) is 3.31. The van der Waals surface area contributed by atoms with E-state index in [-0.39, 0.29) is 0 Å². The van der Waals surface area contributed by atoms with Gasteiger partial charge in [-0.2, -0.15) is 4.98 Å². The van der Waals surface area contributed by atoms with E-state index in [0.29, 0.717) is 24.4 Å². The Hall–Kier alpha value is -1.36. The summed E-state index contributed by atoms with van der Waals surface area (Å²) in [5.41, 5.74) is 6.57. The van der Waals surface area contributed by atoms with Crippen LogP contribution in [0.3, 0.4) is 0 Å². The molecule has 1 atom stereocenters. The van der Waals surface area contributed by atoms with Crippen molar-refractivity contribution in [2.24, 2.45) is 11.7 Å². The molecule has 0 saturated carbocycles. The molecule has 0 bridgehead atoms. The highest BCUT2D eigenvalue weighted by atomic mass is 16.5. The lowest BCUT2D eigenvalue weighted by Crippen LogP contribution is -2.19. The van der Waals surface area contributed by atoms with E-state index in [9.17, 15) is 0 Å². The lowest BCUT2D eigenvalue weighted by Gasteiger charge is -2.16. The molecule has 1 heterocycles. The minimum absolute atomic E-state index is 0.578. The predicted octanol–water partition coefficient (Wildman–Crippen LogP) is 2.75.